The normalized spacial score (nSPS) is 11.8. The summed E-state index contributed by atoms with van der Waals surface area (Å²) in [6, 6.07) is 148. The monoisotopic (exact) mass is 1480 g/mol. The average molecular weight is 1480 g/mol. The van der Waals surface area contributed by atoms with Crippen LogP contribution in [0.2, 0.25) is 0 Å². The molecular formula is C108H68N8. The van der Waals surface area contributed by atoms with E-state index in [4.69, 9.17) is 19.9 Å². The highest BCUT2D eigenvalue weighted by molar-refractivity contribution is 6.30. The van der Waals surface area contributed by atoms with E-state index >= 15 is 0 Å². The fraction of sp³-hybridized carbons (Fsp3) is 0. The van der Waals surface area contributed by atoms with Crippen LogP contribution in [0, 0.1) is 0 Å². The first-order valence-corrected chi connectivity index (χ1v) is 39.5. The van der Waals surface area contributed by atoms with Gasteiger partial charge in [-0.3, -0.25) is 0 Å². The van der Waals surface area contributed by atoms with E-state index < -0.39 is 0 Å². The highest BCUT2D eigenvalue weighted by Gasteiger charge is 2.25. The van der Waals surface area contributed by atoms with Crippen LogP contribution in [0.25, 0.3) is 221 Å². The standard InChI is InChI=1S/2C54H34N4/c1-3-15-36(16-4-1)46-34-47(39-27-26-35-14-7-8-17-37(35)32-39)56-54(55-46)43-23-13-18-38-33-41(28-29-42(38)43)58-49-25-12-10-22-45(49)53-51(58)31-30-50-52(53)44-21-9-11-24-48(44)57(50)40-19-5-2-6-20-40;1-3-16-36(17-4-1)54-55-46(39-28-27-35-15-7-8-18-37(35)31-39)34-47(56-54)45-33-41(32-38-19-9-10-22-42(38)45)58-49-26-14-12-24-44(49)53-51(58)30-29-50-52(53)43-23-11-13-25-48(43)57(50)40-20-5-2-6-21-40/h2*1-34H. The van der Waals surface area contributed by atoms with Gasteiger partial charge in [0.2, 0.25) is 0 Å². The van der Waals surface area contributed by atoms with E-state index in [9.17, 15) is 0 Å². The van der Waals surface area contributed by atoms with Crippen LogP contribution in [0.4, 0.5) is 0 Å². The molecule has 0 aliphatic heterocycles. The molecule has 6 aromatic heterocycles. The molecule has 0 saturated carbocycles. The summed E-state index contributed by atoms with van der Waals surface area (Å²) in [7, 11) is 0. The predicted octanol–water partition coefficient (Wildman–Crippen LogP) is 28.0. The Balaban J connectivity index is 0.000000137. The maximum absolute atomic E-state index is 5.34. The molecule has 0 saturated heterocycles. The molecule has 8 nitrogen and oxygen atoms in total. The molecule has 18 aromatic carbocycles. The highest BCUT2D eigenvalue weighted by atomic mass is 15.0. The van der Waals surface area contributed by atoms with E-state index in [0.717, 1.165) is 111 Å². The molecular weight excluding hydrogens is 1410 g/mol. The van der Waals surface area contributed by atoms with Crippen LogP contribution in [0.15, 0.2) is 413 Å². The summed E-state index contributed by atoms with van der Waals surface area (Å²) in [5, 5.41) is 19.3. The van der Waals surface area contributed by atoms with Gasteiger partial charge in [-0.05, 0) is 164 Å². The van der Waals surface area contributed by atoms with Crippen molar-refractivity contribution in [3.63, 3.8) is 0 Å². The molecule has 0 fully saturated rings. The number of rotatable bonds is 10. The second kappa shape index (κ2) is 27.1. The molecule has 0 aliphatic rings. The van der Waals surface area contributed by atoms with Gasteiger partial charge in [-0.1, -0.05) is 291 Å². The van der Waals surface area contributed by atoms with Crippen molar-refractivity contribution >= 4 is 130 Å². The molecule has 0 atom stereocenters. The van der Waals surface area contributed by atoms with Gasteiger partial charge in [0.1, 0.15) is 0 Å². The molecule has 0 unspecified atom stereocenters. The first kappa shape index (κ1) is 66.2. The second-order valence-corrected chi connectivity index (χ2v) is 30.0. The van der Waals surface area contributed by atoms with Gasteiger partial charge in [0.05, 0.1) is 66.9 Å². The quantitative estimate of drug-likeness (QED) is 0.137. The third kappa shape index (κ3) is 10.9. The van der Waals surface area contributed by atoms with Gasteiger partial charge in [0.15, 0.2) is 11.6 Å². The van der Waals surface area contributed by atoms with Crippen molar-refractivity contribution in [2.24, 2.45) is 0 Å². The summed E-state index contributed by atoms with van der Waals surface area (Å²) in [5.41, 5.74) is 23.7. The lowest BCUT2D eigenvalue weighted by molar-refractivity contribution is 1.17. The summed E-state index contributed by atoms with van der Waals surface area (Å²) < 4.78 is 9.67. The number of benzene rings is 18. The Morgan fingerprint density at radius 1 is 0.155 bits per heavy atom. The van der Waals surface area contributed by atoms with E-state index in [1.165, 1.54) is 97.7 Å². The lowest BCUT2D eigenvalue weighted by Crippen LogP contribution is -1.99. The zero-order chi connectivity index (χ0) is 76.3. The van der Waals surface area contributed by atoms with Gasteiger partial charge < -0.3 is 18.3 Å². The van der Waals surface area contributed by atoms with E-state index in [1.807, 2.05) is 24.3 Å². The van der Waals surface area contributed by atoms with Crippen molar-refractivity contribution in [2.45, 2.75) is 0 Å². The van der Waals surface area contributed by atoms with Gasteiger partial charge in [0.25, 0.3) is 0 Å². The molecule has 0 aliphatic carbocycles. The molecule has 116 heavy (non-hydrogen) atoms. The third-order valence-electron chi connectivity index (χ3n) is 23.4. The molecule has 540 valence electrons. The van der Waals surface area contributed by atoms with Gasteiger partial charge in [0, 0.05) is 99.2 Å². The van der Waals surface area contributed by atoms with Crippen LogP contribution in [0.5, 0.6) is 0 Å². The average Bonchev–Trinajstić information content (AvgIpc) is 1.55. The summed E-state index contributed by atoms with van der Waals surface area (Å²) in [6.07, 6.45) is 0. The minimum atomic E-state index is 0.699. The lowest BCUT2D eigenvalue weighted by atomic mass is 9.98. The van der Waals surface area contributed by atoms with E-state index in [-0.39, 0.29) is 0 Å². The fourth-order valence-electron chi connectivity index (χ4n) is 18.2. The topological polar surface area (TPSA) is 71.3 Å². The highest BCUT2D eigenvalue weighted by Crippen LogP contribution is 2.47. The zero-order valence-corrected chi connectivity index (χ0v) is 62.8. The molecule has 0 spiro atoms. The molecule has 8 heteroatoms. The molecule has 0 bridgehead atoms. The SMILES string of the molecule is c1ccc(-c2cc(-c3ccc4ccccc4c3)nc(-c3cccc4cc(-n5c6ccccc6c6c7c8ccccc8n(-c8ccccc8)c7ccc65)ccc34)n2)cc1.c1ccc(-c2nc(-c3ccc4ccccc4c3)cc(-c3cc(-n4c5ccccc5c5c6c7ccccc7n(-c7ccccc7)c6ccc54)cc4ccccc34)n2)cc1. The molecule has 6 heterocycles. The van der Waals surface area contributed by atoms with Crippen molar-refractivity contribution in [3.05, 3.63) is 413 Å². The predicted molar refractivity (Wildman–Crippen MR) is 484 cm³/mol. The van der Waals surface area contributed by atoms with Crippen molar-refractivity contribution in [2.75, 3.05) is 0 Å². The van der Waals surface area contributed by atoms with Crippen LogP contribution in [0.3, 0.4) is 0 Å². The third-order valence-corrected chi connectivity index (χ3v) is 23.4. The van der Waals surface area contributed by atoms with Crippen LogP contribution < -0.4 is 0 Å². The number of fused-ring (bicyclic) bond motifs is 18. The van der Waals surface area contributed by atoms with Gasteiger partial charge in [-0.25, -0.2) is 19.9 Å². The Morgan fingerprint density at radius 3 is 0.991 bits per heavy atom. The van der Waals surface area contributed by atoms with E-state index in [0.29, 0.717) is 11.6 Å². The van der Waals surface area contributed by atoms with E-state index in [2.05, 4.69) is 407 Å². The lowest BCUT2D eigenvalue weighted by Gasteiger charge is -2.15. The molecule has 24 aromatic rings. The van der Waals surface area contributed by atoms with Crippen LogP contribution in [0.1, 0.15) is 0 Å². The van der Waals surface area contributed by atoms with Crippen molar-refractivity contribution < 1.29 is 0 Å². The van der Waals surface area contributed by atoms with Crippen LogP contribution in [-0.4, -0.2) is 38.2 Å². The number of hydrogen-bond acceptors (Lipinski definition) is 4. The number of para-hydroxylation sites is 6. The van der Waals surface area contributed by atoms with Crippen LogP contribution in [-0.2, 0) is 0 Å². The van der Waals surface area contributed by atoms with Crippen molar-refractivity contribution in [1.29, 1.82) is 0 Å². The summed E-state index contributed by atoms with van der Waals surface area (Å²) in [5.74, 6) is 1.40. The summed E-state index contributed by atoms with van der Waals surface area (Å²) in [4.78, 5) is 21.0. The molecule has 0 amide bonds. The van der Waals surface area contributed by atoms with Gasteiger partial charge in [-0.15, -0.1) is 0 Å². The number of hydrogen-bond donors (Lipinski definition) is 0. The Morgan fingerprint density at radius 2 is 0.500 bits per heavy atom. The van der Waals surface area contributed by atoms with E-state index in [1.54, 1.807) is 0 Å². The number of aromatic nitrogens is 8. The Labute approximate surface area is 667 Å². The summed E-state index contributed by atoms with van der Waals surface area (Å²) >= 11 is 0. The van der Waals surface area contributed by atoms with Gasteiger partial charge >= 0.3 is 0 Å². The molecule has 0 radical (unpaired) electrons. The van der Waals surface area contributed by atoms with Crippen molar-refractivity contribution in [1.82, 2.24) is 38.2 Å². The largest absolute Gasteiger partial charge is 0.309 e. The smallest absolute Gasteiger partial charge is 0.161 e. The van der Waals surface area contributed by atoms with Crippen LogP contribution >= 0.6 is 0 Å². The maximum Gasteiger partial charge on any atom is 0.161 e. The molecule has 24 rings (SSSR count). The second-order valence-electron chi connectivity index (χ2n) is 30.0. The summed E-state index contributed by atoms with van der Waals surface area (Å²) in [6.45, 7) is 0. The Bertz CT molecular complexity index is 8060. The Hall–Kier alpha value is -15.6. The zero-order valence-electron chi connectivity index (χ0n) is 62.8. The molecule has 0 N–H and O–H groups in total. The van der Waals surface area contributed by atoms with Gasteiger partial charge in [-0.2, -0.15) is 0 Å². The maximum atomic E-state index is 5.34. The Kier molecular flexibility index (Phi) is 15.5. The first-order chi connectivity index (χ1) is 57.5. The minimum Gasteiger partial charge on any atom is -0.309 e. The fourth-order valence-corrected chi connectivity index (χ4v) is 18.2. The minimum absolute atomic E-state index is 0.699. The van der Waals surface area contributed by atoms with Crippen molar-refractivity contribution in [3.8, 4) is 90.6 Å². The first-order valence-electron chi connectivity index (χ1n) is 39.5. The number of nitrogens with zero attached hydrogens (tertiary/aromatic N) is 8.